The first-order chi connectivity index (χ1) is 9.43. The highest BCUT2D eigenvalue weighted by atomic mass is 14.9. The van der Waals surface area contributed by atoms with Crippen molar-refractivity contribution >= 4 is 0 Å². The largest absolute Gasteiger partial charge is 0.317 e. The fourth-order valence-corrected chi connectivity index (χ4v) is 2.85. The van der Waals surface area contributed by atoms with Crippen LogP contribution in [0, 0.1) is 5.92 Å². The molecule has 0 saturated heterocycles. The molecule has 1 fully saturated rings. The summed E-state index contributed by atoms with van der Waals surface area (Å²) >= 11 is 0. The maximum absolute atomic E-state index is 3.64. The summed E-state index contributed by atoms with van der Waals surface area (Å²) in [6.45, 7) is 9.12. The van der Waals surface area contributed by atoms with Gasteiger partial charge in [-0.2, -0.15) is 0 Å². The molecule has 1 aliphatic carbocycles. The lowest BCUT2D eigenvalue weighted by Crippen LogP contribution is -2.27. The Morgan fingerprint density at radius 2 is 1.32 bits per heavy atom. The fraction of sp³-hybridized carbons (Fsp3) is 1.00. The van der Waals surface area contributed by atoms with E-state index in [9.17, 15) is 0 Å². The molecule has 3 nitrogen and oxygen atoms in total. The fourth-order valence-electron chi connectivity index (χ4n) is 2.85. The quantitative estimate of drug-likeness (QED) is 0.398. The number of hydrogen-bond donors (Lipinski definition) is 3. The highest BCUT2D eigenvalue weighted by molar-refractivity contribution is 4.67. The molecule has 3 N–H and O–H groups in total. The molecule has 19 heavy (non-hydrogen) atoms. The van der Waals surface area contributed by atoms with Gasteiger partial charge in [-0.25, -0.2) is 0 Å². The summed E-state index contributed by atoms with van der Waals surface area (Å²) in [5, 5.41) is 10.5. The minimum Gasteiger partial charge on any atom is -0.317 e. The van der Waals surface area contributed by atoms with Gasteiger partial charge in [-0.05, 0) is 70.9 Å². The molecule has 3 heteroatoms. The van der Waals surface area contributed by atoms with Gasteiger partial charge in [-0.15, -0.1) is 0 Å². The summed E-state index contributed by atoms with van der Waals surface area (Å²) in [7, 11) is 0. The summed E-state index contributed by atoms with van der Waals surface area (Å²) < 4.78 is 0. The van der Waals surface area contributed by atoms with Crippen molar-refractivity contribution < 1.29 is 0 Å². The molecular formula is C16H35N3. The maximum atomic E-state index is 3.64. The third-order valence-electron chi connectivity index (χ3n) is 4.07. The van der Waals surface area contributed by atoms with Crippen molar-refractivity contribution in [1.29, 1.82) is 0 Å². The van der Waals surface area contributed by atoms with E-state index in [0.717, 1.165) is 32.1 Å². The number of nitrogens with one attached hydrogen (secondary N) is 3. The second kappa shape index (κ2) is 12.9. The monoisotopic (exact) mass is 269 g/mol. The van der Waals surface area contributed by atoms with Crippen LogP contribution in [0.2, 0.25) is 0 Å². The molecule has 0 unspecified atom stereocenters. The van der Waals surface area contributed by atoms with E-state index in [4.69, 9.17) is 0 Å². The molecule has 0 radical (unpaired) electrons. The van der Waals surface area contributed by atoms with Crippen LogP contribution in [0.4, 0.5) is 0 Å². The first-order valence-electron chi connectivity index (χ1n) is 8.55. The van der Waals surface area contributed by atoms with Crippen LogP contribution < -0.4 is 16.0 Å². The van der Waals surface area contributed by atoms with Gasteiger partial charge in [-0.3, -0.25) is 0 Å². The van der Waals surface area contributed by atoms with E-state index in [2.05, 4.69) is 22.9 Å². The molecule has 0 heterocycles. The Labute approximate surface area is 120 Å². The zero-order chi connectivity index (χ0) is 13.6. The number of hydrogen-bond acceptors (Lipinski definition) is 3. The molecule has 1 aliphatic rings. The standard InChI is InChI=1S/C16H35N3/c1-2-17-11-7-12-18-13-8-14-19-15-16-9-5-3-4-6-10-16/h16-19H,2-15H2,1H3. The van der Waals surface area contributed by atoms with E-state index in [1.54, 1.807) is 0 Å². The molecule has 0 aliphatic heterocycles. The lowest BCUT2D eigenvalue weighted by molar-refractivity contribution is 0.422. The lowest BCUT2D eigenvalue weighted by Gasteiger charge is -2.14. The molecule has 0 aromatic rings. The molecule has 0 bridgehead atoms. The van der Waals surface area contributed by atoms with Gasteiger partial charge in [0.15, 0.2) is 0 Å². The van der Waals surface area contributed by atoms with Gasteiger partial charge >= 0.3 is 0 Å². The highest BCUT2D eigenvalue weighted by Gasteiger charge is 2.10. The molecule has 1 saturated carbocycles. The molecule has 114 valence electrons. The van der Waals surface area contributed by atoms with Crippen molar-refractivity contribution in [2.75, 3.05) is 39.3 Å². The average Bonchev–Trinajstić information content (AvgIpc) is 2.69. The second-order valence-electron chi connectivity index (χ2n) is 5.87. The van der Waals surface area contributed by atoms with E-state index in [1.165, 1.54) is 64.5 Å². The normalized spacial score (nSPS) is 17.5. The van der Waals surface area contributed by atoms with Gasteiger partial charge in [0.05, 0.1) is 0 Å². The van der Waals surface area contributed by atoms with Gasteiger partial charge in [0.1, 0.15) is 0 Å². The average molecular weight is 269 g/mol. The molecule has 0 atom stereocenters. The third-order valence-corrected chi connectivity index (χ3v) is 4.07. The molecule has 0 aromatic carbocycles. The predicted molar refractivity (Wildman–Crippen MR) is 84.7 cm³/mol. The first-order valence-corrected chi connectivity index (χ1v) is 8.55. The van der Waals surface area contributed by atoms with Crippen LogP contribution in [0.25, 0.3) is 0 Å². The van der Waals surface area contributed by atoms with Crippen LogP contribution in [0.5, 0.6) is 0 Å². The van der Waals surface area contributed by atoms with Crippen LogP contribution in [-0.2, 0) is 0 Å². The maximum Gasteiger partial charge on any atom is -0.00205 e. The molecular weight excluding hydrogens is 234 g/mol. The minimum atomic E-state index is 0.954. The molecule has 1 rings (SSSR count). The van der Waals surface area contributed by atoms with E-state index < -0.39 is 0 Å². The summed E-state index contributed by atoms with van der Waals surface area (Å²) in [5.41, 5.74) is 0. The SMILES string of the molecule is CCNCCCNCCCNCC1CCCCCC1. The van der Waals surface area contributed by atoms with E-state index in [0.29, 0.717) is 0 Å². The summed E-state index contributed by atoms with van der Waals surface area (Å²) in [5.74, 6) is 0.954. The Kier molecular flexibility index (Phi) is 11.5. The van der Waals surface area contributed by atoms with Crippen LogP contribution in [0.1, 0.15) is 58.3 Å². The van der Waals surface area contributed by atoms with Crippen molar-refractivity contribution in [2.24, 2.45) is 5.92 Å². The zero-order valence-corrected chi connectivity index (χ0v) is 13.0. The minimum absolute atomic E-state index is 0.954. The summed E-state index contributed by atoms with van der Waals surface area (Å²) in [6, 6.07) is 0. The smallest absolute Gasteiger partial charge is 0.00205 e. The van der Waals surface area contributed by atoms with Crippen molar-refractivity contribution in [2.45, 2.75) is 58.3 Å². The third kappa shape index (κ3) is 10.3. The van der Waals surface area contributed by atoms with Gasteiger partial charge in [0.2, 0.25) is 0 Å². The summed E-state index contributed by atoms with van der Waals surface area (Å²) in [4.78, 5) is 0. The molecule has 0 spiro atoms. The van der Waals surface area contributed by atoms with Gasteiger partial charge in [-0.1, -0.05) is 32.6 Å². The van der Waals surface area contributed by atoms with Crippen LogP contribution in [-0.4, -0.2) is 39.3 Å². The Morgan fingerprint density at radius 3 is 1.95 bits per heavy atom. The zero-order valence-electron chi connectivity index (χ0n) is 13.0. The summed E-state index contributed by atoms with van der Waals surface area (Å²) in [6.07, 6.45) is 11.3. The van der Waals surface area contributed by atoms with Gasteiger partial charge < -0.3 is 16.0 Å². The molecule has 0 aromatic heterocycles. The lowest BCUT2D eigenvalue weighted by atomic mass is 10.0. The highest BCUT2D eigenvalue weighted by Crippen LogP contribution is 2.21. The topological polar surface area (TPSA) is 36.1 Å². The second-order valence-corrected chi connectivity index (χ2v) is 5.87. The van der Waals surface area contributed by atoms with Crippen molar-refractivity contribution in [3.05, 3.63) is 0 Å². The van der Waals surface area contributed by atoms with Crippen molar-refractivity contribution in [3.63, 3.8) is 0 Å². The van der Waals surface area contributed by atoms with Gasteiger partial charge in [0, 0.05) is 0 Å². The van der Waals surface area contributed by atoms with E-state index in [-0.39, 0.29) is 0 Å². The molecule has 0 amide bonds. The van der Waals surface area contributed by atoms with Crippen LogP contribution >= 0.6 is 0 Å². The van der Waals surface area contributed by atoms with Crippen LogP contribution in [0.15, 0.2) is 0 Å². The van der Waals surface area contributed by atoms with E-state index in [1.807, 2.05) is 0 Å². The Morgan fingerprint density at radius 1 is 0.737 bits per heavy atom. The number of rotatable bonds is 11. The Bertz CT molecular complexity index is 177. The van der Waals surface area contributed by atoms with Crippen LogP contribution in [0.3, 0.4) is 0 Å². The van der Waals surface area contributed by atoms with Crippen molar-refractivity contribution in [3.8, 4) is 0 Å². The van der Waals surface area contributed by atoms with Crippen molar-refractivity contribution in [1.82, 2.24) is 16.0 Å². The predicted octanol–water partition coefficient (Wildman–Crippen LogP) is 2.53. The van der Waals surface area contributed by atoms with Gasteiger partial charge in [0.25, 0.3) is 0 Å². The Balaban J connectivity index is 1.78. The first kappa shape index (κ1) is 16.9. The van der Waals surface area contributed by atoms with E-state index >= 15 is 0 Å². The Hall–Kier alpha value is -0.120.